The van der Waals surface area contributed by atoms with Gasteiger partial charge in [-0.05, 0) is 25.7 Å². The second-order valence-electron chi connectivity index (χ2n) is 5.92. The summed E-state index contributed by atoms with van der Waals surface area (Å²) in [4.78, 5) is 24.4. The monoisotopic (exact) mass is 270 g/mol. The molecule has 0 aromatic carbocycles. The molecule has 0 saturated heterocycles. The molecule has 0 radical (unpaired) electrons. The minimum atomic E-state index is -0.0228. The largest absolute Gasteiger partial charge is 0.349 e. The number of rotatable bonds is 3. The number of carbonyl (C=O) groups is 1. The Kier molecular flexibility index (Phi) is 2.72. The van der Waals surface area contributed by atoms with E-state index in [1.54, 1.807) is 6.20 Å². The molecule has 5 nitrogen and oxygen atoms in total. The number of hydrogen-bond acceptors (Lipinski definition) is 3. The number of fused-ring (bicyclic) bond motifs is 1. The van der Waals surface area contributed by atoms with Gasteiger partial charge >= 0.3 is 0 Å². The molecule has 2 N–H and O–H groups in total. The van der Waals surface area contributed by atoms with Crippen molar-refractivity contribution in [1.82, 2.24) is 20.3 Å². The van der Waals surface area contributed by atoms with Crippen LogP contribution in [0.2, 0.25) is 0 Å². The fourth-order valence-corrected chi connectivity index (χ4v) is 2.99. The van der Waals surface area contributed by atoms with E-state index in [-0.39, 0.29) is 5.91 Å². The van der Waals surface area contributed by atoms with E-state index in [1.165, 1.54) is 25.7 Å². The van der Waals surface area contributed by atoms with Crippen molar-refractivity contribution in [2.24, 2.45) is 0 Å². The first kappa shape index (κ1) is 11.9. The summed E-state index contributed by atoms with van der Waals surface area (Å²) in [5.41, 5.74) is 3.06. The van der Waals surface area contributed by atoms with Crippen molar-refractivity contribution in [3.05, 3.63) is 23.7 Å². The molecular formula is C15H18N4O. The highest BCUT2D eigenvalue weighted by Gasteiger charge is 2.27. The molecule has 0 aliphatic heterocycles. The first-order chi connectivity index (χ1) is 9.81. The minimum Gasteiger partial charge on any atom is -0.349 e. The van der Waals surface area contributed by atoms with E-state index in [9.17, 15) is 4.79 Å². The van der Waals surface area contributed by atoms with Gasteiger partial charge in [-0.2, -0.15) is 0 Å². The van der Waals surface area contributed by atoms with E-state index in [1.807, 2.05) is 6.20 Å². The summed E-state index contributed by atoms with van der Waals surface area (Å²) in [6.45, 7) is 0. The maximum atomic E-state index is 12.4. The van der Waals surface area contributed by atoms with E-state index >= 15 is 0 Å². The van der Waals surface area contributed by atoms with Gasteiger partial charge in [-0.1, -0.05) is 12.8 Å². The number of H-pyrrole nitrogens is 1. The molecule has 0 unspecified atom stereocenters. The quantitative estimate of drug-likeness (QED) is 0.900. The van der Waals surface area contributed by atoms with Crippen LogP contribution in [-0.2, 0) is 0 Å². The number of hydrogen-bond donors (Lipinski definition) is 2. The number of nitrogens with one attached hydrogen (secondary N) is 2. The van der Waals surface area contributed by atoms with Crippen LogP contribution in [-0.4, -0.2) is 26.9 Å². The van der Waals surface area contributed by atoms with Crippen LogP contribution in [0.1, 0.15) is 60.5 Å². The van der Waals surface area contributed by atoms with Gasteiger partial charge in [0.2, 0.25) is 0 Å². The van der Waals surface area contributed by atoms with Crippen molar-refractivity contribution >= 4 is 17.1 Å². The highest BCUT2D eigenvalue weighted by Crippen LogP contribution is 2.39. The Morgan fingerprint density at radius 1 is 1.25 bits per heavy atom. The van der Waals surface area contributed by atoms with Gasteiger partial charge < -0.3 is 10.3 Å². The van der Waals surface area contributed by atoms with Gasteiger partial charge in [-0.25, -0.2) is 9.97 Å². The second-order valence-corrected chi connectivity index (χ2v) is 5.92. The van der Waals surface area contributed by atoms with E-state index in [0.29, 0.717) is 28.7 Å². The highest BCUT2D eigenvalue weighted by atomic mass is 16.1. The highest BCUT2D eigenvalue weighted by molar-refractivity contribution is 6.04. The summed E-state index contributed by atoms with van der Waals surface area (Å²) < 4.78 is 0. The third kappa shape index (κ3) is 2.07. The van der Waals surface area contributed by atoms with Crippen LogP contribution in [0.4, 0.5) is 0 Å². The molecule has 0 atom stereocenters. The van der Waals surface area contributed by atoms with Crippen molar-refractivity contribution in [3.63, 3.8) is 0 Å². The van der Waals surface area contributed by atoms with Gasteiger partial charge in [0.05, 0.1) is 17.5 Å². The lowest BCUT2D eigenvalue weighted by Crippen LogP contribution is -2.32. The number of carbonyl (C=O) groups excluding carboxylic acids is 1. The molecule has 0 bridgehead atoms. The first-order valence-corrected chi connectivity index (χ1v) is 7.46. The lowest BCUT2D eigenvalue weighted by atomic mass is 10.2. The fourth-order valence-electron chi connectivity index (χ4n) is 2.99. The minimum absolute atomic E-state index is 0.0228. The molecular weight excluding hydrogens is 252 g/mol. The molecule has 0 spiro atoms. The van der Waals surface area contributed by atoms with Crippen LogP contribution in [0.15, 0.2) is 12.4 Å². The number of aromatic nitrogens is 3. The molecule has 5 heteroatoms. The van der Waals surface area contributed by atoms with Crippen molar-refractivity contribution in [2.45, 2.75) is 50.5 Å². The van der Waals surface area contributed by atoms with Crippen molar-refractivity contribution in [3.8, 4) is 0 Å². The van der Waals surface area contributed by atoms with Gasteiger partial charge in [0, 0.05) is 18.2 Å². The Morgan fingerprint density at radius 2 is 2.05 bits per heavy atom. The van der Waals surface area contributed by atoms with Crippen molar-refractivity contribution in [2.75, 3.05) is 0 Å². The smallest absolute Gasteiger partial charge is 0.255 e. The van der Waals surface area contributed by atoms with Crippen LogP contribution in [0.25, 0.3) is 11.2 Å². The number of aromatic amines is 1. The van der Waals surface area contributed by atoms with Gasteiger partial charge in [0.15, 0.2) is 5.65 Å². The third-order valence-electron chi connectivity index (χ3n) is 4.33. The zero-order chi connectivity index (χ0) is 13.5. The lowest BCUT2D eigenvalue weighted by molar-refractivity contribution is 0.0939. The third-order valence-corrected chi connectivity index (χ3v) is 4.33. The summed E-state index contributed by atoms with van der Waals surface area (Å²) in [7, 11) is 0. The van der Waals surface area contributed by atoms with Crippen molar-refractivity contribution < 1.29 is 4.79 Å². The molecule has 2 aromatic heterocycles. The molecule has 2 aliphatic carbocycles. The predicted octanol–water partition coefficient (Wildman–Crippen LogP) is 2.51. The van der Waals surface area contributed by atoms with Gasteiger partial charge in [-0.15, -0.1) is 0 Å². The topological polar surface area (TPSA) is 70.7 Å². The maximum Gasteiger partial charge on any atom is 0.255 e. The number of nitrogens with zero attached hydrogens (tertiary/aromatic N) is 2. The zero-order valence-corrected chi connectivity index (χ0v) is 11.4. The van der Waals surface area contributed by atoms with E-state index < -0.39 is 0 Å². The standard InChI is InChI=1S/C15H18N4O/c20-15(18-10-3-1-2-4-10)11-7-16-14-13(11)19-12(8-17-14)9-5-6-9/h7-10H,1-6H2,(H,16,17)(H,18,20). The normalized spacial score (nSPS) is 19.6. The van der Waals surface area contributed by atoms with Crippen LogP contribution in [0.3, 0.4) is 0 Å². The van der Waals surface area contributed by atoms with Crippen molar-refractivity contribution in [1.29, 1.82) is 0 Å². The summed E-state index contributed by atoms with van der Waals surface area (Å²) >= 11 is 0. The number of amides is 1. The Labute approximate surface area is 117 Å². The Morgan fingerprint density at radius 3 is 2.80 bits per heavy atom. The van der Waals surface area contributed by atoms with E-state index in [2.05, 4.69) is 20.3 Å². The molecule has 4 rings (SSSR count). The average Bonchev–Trinajstić information content (AvgIpc) is 3.02. The predicted molar refractivity (Wildman–Crippen MR) is 75.6 cm³/mol. The molecule has 2 aromatic rings. The Hall–Kier alpha value is -1.91. The maximum absolute atomic E-state index is 12.4. The van der Waals surface area contributed by atoms with E-state index in [0.717, 1.165) is 18.5 Å². The molecule has 1 amide bonds. The SMILES string of the molecule is O=C(NC1CCCC1)c1c[nH]c2ncc(C3CC3)nc12. The van der Waals surface area contributed by atoms with Gasteiger partial charge in [0.1, 0.15) is 5.52 Å². The average molecular weight is 270 g/mol. The lowest BCUT2D eigenvalue weighted by Gasteiger charge is -2.10. The summed E-state index contributed by atoms with van der Waals surface area (Å²) in [5, 5.41) is 3.11. The van der Waals surface area contributed by atoms with Crippen LogP contribution < -0.4 is 5.32 Å². The molecule has 104 valence electrons. The van der Waals surface area contributed by atoms with Gasteiger partial charge in [-0.3, -0.25) is 4.79 Å². The molecule has 20 heavy (non-hydrogen) atoms. The fraction of sp³-hybridized carbons (Fsp3) is 0.533. The zero-order valence-electron chi connectivity index (χ0n) is 11.4. The van der Waals surface area contributed by atoms with Crippen LogP contribution >= 0.6 is 0 Å². The summed E-state index contributed by atoms with van der Waals surface area (Å²) in [6.07, 6.45) is 10.5. The van der Waals surface area contributed by atoms with Crippen LogP contribution in [0.5, 0.6) is 0 Å². The summed E-state index contributed by atoms with van der Waals surface area (Å²) in [5.74, 6) is 0.526. The summed E-state index contributed by atoms with van der Waals surface area (Å²) in [6, 6.07) is 0.326. The van der Waals surface area contributed by atoms with E-state index in [4.69, 9.17) is 0 Å². The molecule has 2 saturated carbocycles. The van der Waals surface area contributed by atoms with Crippen LogP contribution in [0, 0.1) is 0 Å². The van der Waals surface area contributed by atoms with Gasteiger partial charge in [0.25, 0.3) is 5.91 Å². The molecule has 2 fully saturated rings. The second kappa shape index (κ2) is 4.58. The Balaban J connectivity index is 1.64. The molecule has 2 heterocycles. The first-order valence-electron chi connectivity index (χ1n) is 7.46. The molecule has 2 aliphatic rings. The Bertz CT molecular complexity index is 653.